The summed E-state index contributed by atoms with van der Waals surface area (Å²) in [6.07, 6.45) is 3.77. The lowest BCUT2D eigenvalue weighted by Gasteiger charge is -2.15. The fourth-order valence-corrected chi connectivity index (χ4v) is 2.70. The number of hydrogen-bond acceptors (Lipinski definition) is 2. The average Bonchev–Trinajstić information content (AvgIpc) is 2.88. The summed E-state index contributed by atoms with van der Waals surface area (Å²) in [4.78, 5) is 12.0. The number of aliphatic hydroxyl groups is 1. The van der Waals surface area contributed by atoms with Crippen molar-refractivity contribution in [2.45, 2.75) is 26.2 Å². The van der Waals surface area contributed by atoms with Gasteiger partial charge in [0.05, 0.1) is 0 Å². The van der Waals surface area contributed by atoms with Crippen LogP contribution in [0.4, 0.5) is 0 Å². The van der Waals surface area contributed by atoms with Crippen molar-refractivity contribution < 1.29 is 9.90 Å². The highest BCUT2D eigenvalue weighted by Gasteiger charge is 2.23. The van der Waals surface area contributed by atoms with E-state index in [4.69, 9.17) is 5.11 Å². The topological polar surface area (TPSA) is 49.3 Å². The van der Waals surface area contributed by atoms with Gasteiger partial charge in [0.15, 0.2) is 0 Å². The molecular formula is C17H21NO2. The third-order valence-electron chi connectivity index (χ3n) is 4.02. The van der Waals surface area contributed by atoms with Crippen LogP contribution in [-0.2, 0) is 0 Å². The quantitative estimate of drug-likeness (QED) is 0.828. The van der Waals surface area contributed by atoms with Crippen molar-refractivity contribution in [2.24, 2.45) is 11.8 Å². The lowest BCUT2D eigenvalue weighted by molar-refractivity contribution is 0.0944. The van der Waals surface area contributed by atoms with Gasteiger partial charge in [0.25, 0.3) is 5.91 Å². The van der Waals surface area contributed by atoms with Crippen LogP contribution in [0.1, 0.15) is 42.1 Å². The number of carbonyl (C=O) groups is 1. The van der Waals surface area contributed by atoms with Crippen molar-refractivity contribution in [3.63, 3.8) is 0 Å². The van der Waals surface area contributed by atoms with Gasteiger partial charge in [-0.25, -0.2) is 0 Å². The van der Waals surface area contributed by atoms with E-state index < -0.39 is 0 Å². The highest BCUT2D eigenvalue weighted by atomic mass is 16.2. The van der Waals surface area contributed by atoms with Crippen LogP contribution in [0.25, 0.3) is 0 Å². The number of rotatable bonds is 3. The zero-order valence-electron chi connectivity index (χ0n) is 11.9. The maximum absolute atomic E-state index is 12.0. The number of nitrogens with one attached hydrogen (secondary N) is 1. The molecule has 0 radical (unpaired) electrons. The van der Waals surface area contributed by atoms with Gasteiger partial charge in [-0.1, -0.05) is 31.6 Å². The Morgan fingerprint density at radius 2 is 2.10 bits per heavy atom. The second-order valence-electron chi connectivity index (χ2n) is 5.42. The second kappa shape index (κ2) is 7.12. The summed E-state index contributed by atoms with van der Waals surface area (Å²) in [6.45, 7) is 2.88. The molecule has 1 fully saturated rings. The fraction of sp³-hybridized carbons (Fsp3) is 0.471. The van der Waals surface area contributed by atoms with Crippen molar-refractivity contribution >= 4 is 5.91 Å². The highest BCUT2D eigenvalue weighted by molar-refractivity contribution is 5.94. The molecule has 3 heteroatoms. The zero-order valence-corrected chi connectivity index (χ0v) is 11.9. The Hall–Kier alpha value is -1.79. The molecule has 1 aliphatic rings. The first-order valence-corrected chi connectivity index (χ1v) is 7.18. The van der Waals surface area contributed by atoms with Crippen molar-refractivity contribution in [3.8, 4) is 11.8 Å². The summed E-state index contributed by atoms with van der Waals surface area (Å²) in [6, 6.07) is 7.15. The van der Waals surface area contributed by atoms with Crippen molar-refractivity contribution in [1.29, 1.82) is 0 Å². The minimum Gasteiger partial charge on any atom is -0.384 e. The summed E-state index contributed by atoms with van der Waals surface area (Å²) in [7, 11) is 0. The Bertz CT molecular complexity index is 510. The maximum atomic E-state index is 12.0. The first-order chi connectivity index (χ1) is 9.70. The largest absolute Gasteiger partial charge is 0.384 e. The molecule has 0 saturated heterocycles. The van der Waals surface area contributed by atoms with E-state index in [1.54, 1.807) is 24.3 Å². The summed E-state index contributed by atoms with van der Waals surface area (Å²) >= 11 is 0. The van der Waals surface area contributed by atoms with Crippen molar-refractivity contribution in [2.75, 3.05) is 13.2 Å². The lowest BCUT2D eigenvalue weighted by atomic mass is 9.98. The molecule has 1 aromatic rings. The molecule has 0 aliphatic heterocycles. The number of amides is 1. The number of aliphatic hydroxyl groups excluding tert-OH is 1. The van der Waals surface area contributed by atoms with Crippen molar-refractivity contribution in [1.82, 2.24) is 5.32 Å². The number of benzene rings is 1. The normalized spacial score (nSPS) is 21.1. The van der Waals surface area contributed by atoms with Gasteiger partial charge < -0.3 is 10.4 Å². The van der Waals surface area contributed by atoms with Gasteiger partial charge in [-0.3, -0.25) is 4.79 Å². The molecule has 106 valence electrons. The molecular weight excluding hydrogens is 250 g/mol. The van der Waals surface area contributed by atoms with Crippen LogP contribution < -0.4 is 5.32 Å². The van der Waals surface area contributed by atoms with E-state index in [0.29, 0.717) is 17.4 Å². The Morgan fingerprint density at radius 1 is 1.35 bits per heavy atom. The summed E-state index contributed by atoms with van der Waals surface area (Å²) in [5.41, 5.74) is 1.46. The van der Waals surface area contributed by atoms with Gasteiger partial charge in [-0.15, -0.1) is 0 Å². The van der Waals surface area contributed by atoms with Crippen molar-refractivity contribution in [3.05, 3.63) is 35.4 Å². The van der Waals surface area contributed by atoms with Gasteiger partial charge in [-0.05, 0) is 42.5 Å². The lowest BCUT2D eigenvalue weighted by Crippen LogP contribution is -2.30. The first kappa shape index (κ1) is 14.6. The predicted octanol–water partition coefficient (Wildman–Crippen LogP) is 2.20. The van der Waals surface area contributed by atoms with Gasteiger partial charge >= 0.3 is 0 Å². The summed E-state index contributed by atoms with van der Waals surface area (Å²) in [5, 5.41) is 11.6. The molecule has 0 heterocycles. The molecule has 1 amide bonds. The van der Waals surface area contributed by atoms with Crippen LogP contribution >= 0.6 is 0 Å². The minimum absolute atomic E-state index is 0.0224. The van der Waals surface area contributed by atoms with Crippen LogP contribution in [0.2, 0.25) is 0 Å². The molecule has 2 rings (SSSR count). The molecule has 0 aromatic heterocycles. The third kappa shape index (κ3) is 3.85. The molecule has 1 aliphatic carbocycles. The molecule has 2 unspecified atom stereocenters. The third-order valence-corrected chi connectivity index (χ3v) is 4.02. The number of carbonyl (C=O) groups excluding carboxylic acids is 1. The molecule has 0 spiro atoms. The Morgan fingerprint density at radius 3 is 2.70 bits per heavy atom. The first-order valence-electron chi connectivity index (χ1n) is 7.18. The van der Waals surface area contributed by atoms with E-state index in [-0.39, 0.29) is 12.5 Å². The fourth-order valence-electron chi connectivity index (χ4n) is 2.70. The minimum atomic E-state index is -0.151. The van der Waals surface area contributed by atoms with E-state index in [2.05, 4.69) is 24.1 Å². The van der Waals surface area contributed by atoms with E-state index >= 15 is 0 Å². The molecule has 1 aromatic carbocycles. The standard InChI is InChI=1S/C17H21NO2/c1-13-4-2-6-16(13)12-18-17(20)15-9-7-14(8-10-15)5-3-11-19/h7-10,13,16,19H,2,4,6,11-12H2,1H3,(H,18,20). The summed E-state index contributed by atoms with van der Waals surface area (Å²) < 4.78 is 0. The molecule has 20 heavy (non-hydrogen) atoms. The van der Waals surface area contributed by atoms with E-state index in [9.17, 15) is 4.79 Å². The van der Waals surface area contributed by atoms with Crippen LogP contribution in [0.15, 0.2) is 24.3 Å². The van der Waals surface area contributed by atoms with Gasteiger partial charge in [0, 0.05) is 17.7 Å². The maximum Gasteiger partial charge on any atom is 0.251 e. The predicted molar refractivity (Wildman–Crippen MR) is 79.2 cm³/mol. The van der Waals surface area contributed by atoms with Gasteiger partial charge in [0.2, 0.25) is 0 Å². The Labute approximate surface area is 120 Å². The van der Waals surface area contributed by atoms with E-state index in [1.807, 2.05) is 0 Å². The van der Waals surface area contributed by atoms with Gasteiger partial charge in [0.1, 0.15) is 6.61 Å². The highest BCUT2D eigenvalue weighted by Crippen LogP contribution is 2.30. The molecule has 2 atom stereocenters. The van der Waals surface area contributed by atoms with Crippen LogP contribution in [0, 0.1) is 23.7 Å². The van der Waals surface area contributed by atoms with E-state index in [1.165, 1.54) is 19.3 Å². The van der Waals surface area contributed by atoms with E-state index in [0.717, 1.165) is 12.1 Å². The molecule has 1 saturated carbocycles. The smallest absolute Gasteiger partial charge is 0.251 e. The molecule has 0 bridgehead atoms. The van der Waals surface area contributed by atoms with Gasteiger partial charge in [-0.2, -0.15) is 0 Å². The SMILES string of the molecule is CC1CCCC1CNC(=O)c1ccc(C#CCO)cc1. The summed E-state index contributed by atoms with van der Waals surface area (Å²) in [5.74, 6) is 6.71. The Balaban J connectivity index is 1.89. The van der Waals surface area contributed by atoms with Crippen LogP contribution in [-0.4, -0.2) is 24.2 Å². The Kier molecular flexibility index (Phi) is 5.20. The molecule has 3 nitrogen and oxygen atoms in total. The monoisotopic (exact) mass is 271 g/mol. The average molecular weight is 271 g/mol. The van der Waals surface area contributed by atoms with Crippen LogP contribution in [0.5, 0.6) is 0 Å². The van der Waals surface area contributed by atoms with Crippen LogP contribution in [0.3, 0.4) is 0 Å². The zero-order chi connectivity index (χ0) is 14.4. The molecule has 2 N–H and O–H groups in total. The number of hydrogen-bond donors (Lipinski definition) is 2. The second-order valence-corrected chi connectivity index (χ2v) is 5.42.